The van der Waals surface area contributed by atoms with E-state index in [1.54, 1.807) is 13.2 Å². The fourth-order valence-electron chi connectivity index (χ4n) is 2.91. The average molecular weight is 337 g/mol. The maximum atomic E-state index is 10.5. The Labute approximate surface area is 146 Å². The summed E-state index contributed by atoms with van der Waals surface area (Å²) < 4.78 is 5.23. The van der Waals surface area contributed by atoms with Crippen LogP contribution in [-0.4, -0.2) is 17.2 Å². The molecule has 0 saturated heterocycles. The van der Waals surface area contributed by atoms with Gasteiger partial charge in [-0.15, -0.1) is 0 Å². The maximum absolute atomic E-state index is 10.5. The highest BCUT2D eigenvalue weighted by Gasteiger charge is 2.20. The number of thiocarbonyl (C=S) groups is 1. The number of aromatic hydroxyl groups is 1. The lowest BCUT2D eigenvalue weighted by Gasteiger charge is -2.23. The smallest absolute Gasteiger partial charge is 0.121 e. The number of methoxy groups -OCH3 is 1. The Morgan fingerprint density at radius 3 is 2.42 bits per heavy atom. The minimum atomic E-state index is -0.237. The quantitative estimate of drug-likeness (QED) is 0.684. The van der Waals surface area contributed by atoms with Crippen molar-refractivity contribution in [2.75, 3.05) is 7.11 Å². The third-order valence-electron chi connectivity index (χ3n) is 4.03. The van der Waals surface area contributed by atoms with Gasteiger partial charge in [0.25, 0.3) is 0 Å². The van der Waals surface area contributed by atoms with Crippen molar-refractivity contribution < 1.29 is 9.84 Å². The number of hydrogen-bond acceptors (Lipinski definition) is 3. The second-order valence-electron chi connectivity index (χ2n) is 5.63. The zero-order chi connectivity index (χ0) is 17.1. The van der Waals surface area contributed by atoms with E-state index in [9.17, 15) is 5.11 Å². The number of fused-ring (bicyclic) bond motifs is 1. The molecule has 0 saturated carbocycles. The number of hydrogen-bond donors (Lipinski definition) is 2. The lowest BCUT2D eigenvalue weighted by atomic mass is 9.92. The summed E-state index contributed by atoms with van der Waals surface area (Å²) in [6.07, 6.45) is 0. The molecule has 0 spiro atoms. The highest BCUT2D eigenvalue weighted by molar-refractivity contribution is 7.80. The molecule has 3 rings (SSSR count). The molecule has 0 aliphatic carbocycles. The van der Waals surface area contributed by atoms with Crippen LogP contribution >= 0.6 is 12.2 Å². The topological polar surface area (TPSA) is 41.5 Å². The van der Waals surface area contributed by atoms with Gasteiger partial charge >= 0.3 is 0 Å². The average Bonchev–Trinajstić information content (AvgIpc) is 2.60. The van der Waals surface area contributed by atoms with Gasteiger partial charge in [-0.1, -0.05) is 54.7 Å². The van der Waals surface area contributed by atoms with E-state index in [0.717, 1.165) is 27.6 Å². The molecule has 4 heteroatoms. The molecule has 1 atom stereocenters. The zero-order valence-corrected chi connectivity index (χ0v) is 14.4. The summed E-state index contributed by atoms with van der Waals surface area (Å²) >= 11 is 5.27. The molecular formula is C20H19NO2S. The van der Waals surface area contributed by atoms with Gasteiger partial charge in [-0.05, 0) is 41.5 Å². The Morgan fingerprint density at radius 2 is 1.75 bits per heavy atom. The van der Waals surface area contributed by atoms with Crippen LogP contribution in [-0.2, 0) is 0 Å². The summed E-state index contributed by atoms with van der Waals surface area (Å²) in [5.41, 5.74) is 1.83. The van der Waals surface area contributed by atoms with Gasteiger partial charge in [0.2, 0.25) is 0 Å². The molecule has 0 aromatic heterocycles. The summed E-state index contributed by atoms with van der Waals surface area (Å²) in [5.74, 6) is 1.04. The second-order valence-corrected chi connectivity index (χ2v) is 6.24. The minimum absolute atomic E-state index is 0.237. The molecule has 0 heterocycles. The summed E-state index contributed by atoms with van der Waals surface area (Å²) in [5, 5.41) is 15.9. The largest absolute Gasteiger partial charge is 0.508 e. The summed E-state index contributed by atoms with van der Waals surface area (Å²) in [6.45, 7) is 1.84. The van der Waals surface area contributed by atoms with E-state index in [2.05, 4.69) is 5.32 Å². The summed E-state index contributed by atoms with van der Waals surface area (Å²) in [7, 11) is 1.64. The zero-order valence-electron chi connectivity index (χ0n) is 13.6. The van der Waals surface area contributed by atoms with Gasteiger partial charge in [0.15, 0.2) is 0 Å². The molecule has 0 aliphatic heterocycles. The Hall–Kier alpha value is -2.59. The van der Waals surface area contributed by atoms with Crippen molar-refractivity contribution in [2.45, 2.75) is 13.0 Å². The molecule has 0 radical (unpaired) electrons. The molecule has 0 aliphatic rings. The number of nitrogens with one attached hydrogen (secondary N) is 1. The van der Waals surface area contributed by atoms with Crippen LogP contribution in [0.15, 0.2) is 60.7 Å². The number of phenols is 1. The standard InChI is InChI=1S/C20H19NO2S/c1-13(24)21-20(15-7-10-16(23-2)11-8-15)19-17-6-4-3-5-14(17)9-12-18(19)22/h3-12,20,22H,1-2H3,(H,21,24). The van der Waals surface area contributed by atoms with Crippen molar-refractivity contribution in [1.29, 1.82) is 0 Å². The molecule has 1 unspecified atom stereocenters. The molecule has 2 N–H and O–H groups in total. The summed E-state index contributed by atoms with van der Waals surface area (Å²) in [4.78, 5) is 0.670. The van der Waals surface area contributed by atoms with Gasteiger partial charge in [-0.2, -0.15) is 0 Å². The molecule has 3 aromatic rings. The molecule has 0 fully saturated rings. The van der Waals surface area contributed by atoms with Crippen LogP contribution in [0.1, 0.15) is 24.1 Å². The fraction of sp³-hybridized carbons (Fsp3) is 0.150. The van der Waals surface area contributed by atoms with Gasteiger partial charge in [-0.3, -0.25) is 0 Å². The minimum Gasteiger partial charge on any atom is -0.508 e. The first-order valence-electron chi connectivity index (χ1n) is 7.72. The van der Waals surface area contributed by atoms with Crippen LogP contribution < -0.4 is 10.1 Å². The number of phenolic OH excluding ortho intramolecular Hbond substituents is 1. The summed E-state index contributed by atoms with van der Waals surface area (Å²) in [6, 6.07) is 19.2. The number of ether oxygens (including phenoxy) is 1. The van der Waals surface area contributed by atoms with Crippen LogP contribution in [0, 0.1) is 0 Å². The Balaban J connectivity index is 2.19. The van der Waals surface area contributed by atoms with Gasteiger partial charge in [-0.25, -0.2) is 0 Å². The van der Waals surface area contributed by atoms with E-state index >= 15 is 0 Å². The van der Waals surface area contributed by atoms with E-state index in [0.29, 0.717) is 4.99 Å². The molecule has 0 bridgehead atoms. The van der Waals surface area contributed by atoms with Crippen molar-refractivity contribution in [1.82, 2.24) is 5.32 Å². The first-order chi connectivity index (χ1) is 11.6. The van der Waals surface area contributed by atoms with Gasteiger partial charge in [0.1, 0.15) is 11.5 Å². The third kappa shape index (κ3) is 3.19. The lowest BCUT2D eigenvalue weighted by Crippen LogP contribution is -2.26. The molecular weight excluding hydrogens is 318 g/mol. The van der Waals surface area contributed by atoms with Crippen LogP contribution in [0.4, 0.5) is 0 Å². The van der Waals surface area contributed by atoms with Crippen molar-refractivity contribution in [3.63, 3.8) is 0 Å². The van der Waals surface area contributed by atoms with Crippen LogP contribution in [0.2, 0.25) is 0 Å². The van der Waals surface area contributed by atoms with Gasteiger partial charge in [0, 0.05) is 5.56 Å². The van der Waals surface area contributed by atoms with Gasteiger partial charge < -0.3 is 15.2 Å². The Bertz CT molecular complexity index is 874. The predicted molar refractivity (Wildman–Crippen MR) is 102 cm³/mol. The van der Waals surface area contributed by atoms with Crippen LogP contribution in [0.3, 0.4) is 0 Å². The first kappa shape index (κ1) is 16.3. The monoisotopic (exact) mass is 337 g/mol. The highest BCUT2D eigenvalue weighted by atomic mass is 32.1. The van der Waals surface area contributed by atoms with Crippen LogP contribution in [0.5, 0.6) is 11.5 Å². The van der Waals surface area contributed by atoms with Crippen molar-refractivity contribution in [2.24, 2.45) is 0 Å². The molecule has 3 nitrogen and oxygen atoms in total. The SMILES string of the molecule is COc1ccc(C(NC(C)=S)c2c(O)ccc3ccccc23)cc1. The van der Waals surface area contributed by atoms with Gasteiger partial charge in [0.05, 0.1) is 18.1 Å². The van der Waals surface area contributed by atoms with Crippen molar-refractivity contribution in [3.8, 4) is 11.5 Å². The van der Waals surface area contributed by atoms with E-state index in [-0.39, 0.29) is 11.8 Å². The maximum Gasteiger partial charge on any atom is 0.121 e. The van der Waals surface area contributed by atoms with E-state index < -0.39 is 0 Å². The molecule has 122 valence electrons. The van der Waals surface area contributed by atoms with E-state index in [1.165, 1.54) is 0 Å². The number of benzene rings is 3. The van der Waals surface area contributed by atoms with Crippen molar-refractivity contribution >= 4 is 28.0 Å². The van der Waals surface area contributed by atoms with Crippen molar-refractivity contribution in [3.05, 3.63) is 71.8 Å². The normalized spacial score (nSPS) is 11.9. The predicted octanol–water partition coefficient (Wildman–Crippen LogP) is 4.58. The third-order valence-corrected chi connectivity index (χ3v) is 4.15. The highest BCUT2D eigenvalue weighted by Crippen LogP contribution is 2.36. The fourth-order valence-corrected chi connectivity index (χ4v) is 3.03. The Morgan fingerprint density at radius 1 is 1.04 bits per heavy atom. The lowest BCUT2D eigenvalue weighted by molar-refractivity contribution is 0.414. The second kappa shape index (κ2) is 6.89. The molecule has 24 heavy (non-hydrogen) atoms. The molecule has 0 amide bonds. The molecule has 3 aromatic carbocycles. The van der Waals surface area contributed by atoms with E-state index in [1.807, 2.05) is 61.5 Å². The first-order valence-corrected chi connectivity index (χ1v) is 8.12. The van der Waals surface area contributed by atoms with E-state index in [4.69, 9.17) is 17.0 Å². The number of rotatable bonds is 4. The van der Waals surface area contributed by atoms with Crippen LogP contribution in [0.25, 0.3) is 10.8 Å². The Kier molecular flexibility index (Phi) is 4.67.